The number of hydrogen-bond donors (Lipinski definition) is 1. The predicted molar refractivity (Wildman–Crippen MR) is 70.9 cm³/mol. The molecule has 1 aliphatic rings. The average Bonchev–Trinajstić information content (AvgIpc) is 2.83. The molecule has 2 N–H and O–H groups in total. The van der Waals surface area contributed by atoms with Crippen molar-refractivity contribution in [3.05, 3.63) is 47.0 Å². The zero-order chi connectivity index (χ0) is 14.3. The molecule has 2 aromatic rings. The van der Waals surface area contributed by atoms with Gasteiger partial charge in [-0.3, -0.25) is 0 Å². The standard InChI is InChI=1S/C14H10ClF2NO2/c15-7-3-10(9-5-8(16)1-2-11(9)17)14-12(4-7)19-13(6-18)20-14/h1-5,13H,6,18H2. The molecule has 1 heterocycles. The summed E-state index contributed by atoms with van der Waals surface area (Å²) in [5, 5.41) is 0.337. The number of rotatable bonds is 2. The maximum absolute atomic E-state index is 13.9. The molecule has 0 bridgehead atoms. The highest BCUT2D eigenvalue weighted by Gasteiger charge is 2.28. The summed E-state index contributed by atoms with van der Waals surface area (Å²) in [7, 11) is 0. The number of ether oxygens (including phenoxy) is 2. The highest BCUT2D eigenvalue weighted by Crippen LogP contribution is 2.45. The highest BCUT2D eigenvalue weighted by molar-refractivity contribution is 6.31. The molecule has 6 heteroatoms. The van der Waals surface area contributed by atoms with Crippen molar-refractivity contribution in [2.45, 2.75) is 6.29 Å². The minimum Gasteiger partial charge on any atom is -0.450 e. The summed E-state index contributed by atoms with van der Waals surface area (Å²) in [5.41, 5.74) is 5.87. The van der Waals surface area contributed by atoms with Gasteiger partial charge in [0.15, 0.2) is 11.5 Å². The number of benzene rings is 2. The molecule has 20 heavy (non-hydrogen) atoms. The minimum absolute atomic E-state index is 0.0602. The van der Waals surface area contributed by atoms with E-state index in [1.807, 2.05) is 0 Å². The van der Waals surface area contributed by atoms with Crippen molar-refractivity contribution in [2.75, 3.05) is 6.54 Å². The van der Waals surface area contributed by atoms with E-state index < -0.39 is 17.9 Å². The van der Waals surface area contributed by atoms with E-state index in [9.17, 15) is 8.78 Å². The van der Waals surface area contributed by atoms with Crippen molar-refractivity contribution in [3.63, 3.8) is 0 Å². The topological polar surface area (TPSA) is 44.5 Å². The van der Waals surface area contributed by atoms with E-state index in [0.29, 0.717) is 22.1 Å². The van der Waals surface area contributed by atoms with Crippen molar-refractivity contribution in [1.29, 1.82) is 0 Å². The summed E-state index contributed by atoms with van der Waals surface area (Å²) in [5.74, 6) is -0.443. The maximum Gasteiger partial charge on any atom is 0.253 e. The first-order valence-electron chi connectivity index (χ1n) is 5.91. The van der Waals surface area contributed by atoms with Crippen molar-refractivity contribution >= 4 is 11.6 Å². The Bertz CT molecular complexity index is 678. The molecule has 0 saturated heterocycles. The molecule has 2 aromatic carbocycles. The molecule has 1 unspecified atom stereocenters. The van der Waals surface area contributed by atoms with Crippen LogP contribution < -0.4 is 15.2 Å². The van der Waals surface area contributed by atoms with Gasteiger partial charge in [-0.1, -0.05) is 11.6 Å². The summed E-state index contributed by atoms with van der Waals surface area (Å²) in [6, 6.07) is 6.23. The molecule has 0 saturated carbocycles. The van der Waals surface area contributed by atoms with Gasteiger partial charge in [-0.2, -0.15) is 0 Å². The molecule has 104 valence electrons. The summed E-state index contributed by atoms with van der Waals surface area (Å²) in [6.45, 7) is 0.136. The van der Waals surface area contributed by atoms with Gasteiger partial charge in [-0.25, -0.2) is 8.78 Å². The van der Waals surface area contributed by atoms with Crippen molar-refractivity contribution in [1.82, 2.24) is 0 Å². The predicted octanol–water partition coefficient (Wildman–Crippen LogP) is 3.34. The molecule has 3 rings (SSSR count). The molecular formula is C14H10ClF2NO2. The lowest BCUT2D eigenvalue weighted by atomic mass is 10.0. The first-order chi connectivity index (χ1) is 9.58. The van der Waals surface area contributed by atoms with Gasteiger partial charge >= 0.3 is 0 Å². The van der Waals surface area contributed by atoms with Crippen molar-refractivity contribution < 1.29 is 18.3 Å². The summed E-state index contributed by atoms with van der Waals surface area (Å²) < 4.78 is 38.2. The second kappa shape index (κ2) is 4.92. The van der Waals surface area contributed by atoms with E-state index >= 15 is 0 Å². The van der Waals surface area contributed by atoms with E-state index in [2.05, 4.69) is 0 Å². The lowest BCUT2D eigenvalue weighted by Crippen LogP contribution is -2.28. The zero-order valence-electron chi connectivity index (χ0n) is 10.2. The number of halogens is 3. The van der Waals surface area contributed by atoms with Crippen LogP contribution in [0.25, 0.3) is 11.1 Å². The van der Waals surface area contributed by atoms with Crippen LogP contribution in [0.2, 0.25) is 5.02 Å². The third-order valence-corrected chi connectivity index (χ3v) is 3.16. The van der Waals surface area contributed by atoms with Gasteiger partial charge < -0.3 is 15.2 Å². The Hall–Kier alpha value is -1.85. The van der Waals surface area contributed by atoms with Gasteiger partial charge in [0, 0.05) is 22.2 Å². The van der Waals surface area contributed by atoms with E-state index in [1.54, 1.807) is 6.07 Å². The van der Waals surface area contributed by atoms with Crippen LogP contribution in [0, 0.1) is 11.6 Å². The summed E-state index contributed by atoms with van der Waals surface area (Å²) >= 11 is 5.98. The summed E-state index contributed by atoms with van der Waals surface area (Å²) in [4.78, 5) is 0. The lowest BCUT2D eigenvalue weighted by Gasteiger charge is -2.09. The minimum atomic E-state index is -0.654. The normalized spacial score (nSPS) is 16.5. The quantitative estimate of drug-likeness (QED) is 0.924. The van der Waals surface area contributed by atoms with E-state index in [1.165, 1.54) is 6.07 Å². The van der Waals surface area contributed by atoms with E-state index in [-0.39, 0.29) is 12.1 Å². The molecule has 3 nitrogen and oxygen atoms in total. The first kappa shape index (κ1) is 13.1. The molecule has 0 aromatic heterocycles. The number of hydrogen-bond acceptors (Lipinski definition) is 3. The first-order valence-corrected chi connectivity index (χ1v) is 6.28. The summed E-state index contributed by atoms with van der Waals surface area (Å²) in [6.07, 6.45) is -0.654. The smallest absolute Gasteiger partial charge is 0.253 e. The van der Waals surface area contributed by atoms with Crippen LogP contribution in [-0.4, -0.2) is 12.8 Å². The zero-order valence-corrected chi connectivity index (χ0v) is 11.0. The third kappa shape index (κ3) is 2.19. The Morgan fingerprint density at radius 2 is 1.90 bits per heavy atom. The molecule has 0 amide bonds. The second-order valence-electron chi connectivity index (χ2n) is 4.31. The molecule has 0 fully saturated rings. The SMILES string of the molecule is NCC1Oc2cc(Cl)cc(-c3cc(F)ccc3F)c2O1. The number of fused-ring (bicyclic) bond motifs is 1. The van der Waals surface area contributed by atoms with Crippen LogP contribution >= 0.6 is 11.6 Å². The monoisotopic (exact) mass is 297 g/mol. The highest BCUT2D eigenvalue weighted by atomic mass is 35.5. The van der Waals surface area contributed by atoms with Crippen LogP contribution in [0.3, 0.4) is 0 Å². The largest absolute Gasteiger partial charge is 0.450 e. The third-order valence-electron chi connectivity index (χ3n) is 2.94. The molecule has 0 spiro atoms. The van der Waals surface area contributed by atoms with Crippen molar-refractivity contribution in [2.24, 2.45) is 5.73 Å². The Morgan fingerprint density at radius 3 is 2.65 bits per heavy atom. The van der Waals surface area contributed by atoms with Gasteiger partial charge in [0.25, 0.3) is 6.29 Å². The number of nitrogens with two attached hydrogens (primary N) is 1. The molecular weight excluding hydrogens is 288 g/mol. The van der Waals surface area contributed by atoms with Crippen LogP contribution in [0.4, 0.5) is 8.78 Å². The fourth-order valence-electron chi connectivity index (χ4n) is 2.08. The van der Waals surface area contributed by atoms with Gasteiger partial charge in [0.05, 0.1) is 6.54 Å². The van der Waals surface area contributed by atoms with Crippen LogP contribution in [-0.2, 0) is 0 Å². The Labute approximate surface area is 118 Å². The van der Waals surface area contributed by atoms with E-state index in [0.717, 1.165) is 18.2 Å². The Morgan fingerprint density at radius 1 is 1.10 bits per heavy atom. The second-order valence-corrected chi connectivity index (χ2v) is 4.74. The average molecular weight is 298 g/mol. The fourth-order valence-corrected chi connectivity index (χ4v) is 2.28. The molecule has 1 atom stereocenters. The Balaban J connectivity index is 2.18. The van der Waals surface area contributed by atoms with Crippen LogP contribution in [0.15, 0.2) is 30.3 Å². The van der Waals surface area contributed by atoms with E-state index in [4.69, 9.17) is 26.8 Å². The maximum atomic E-state index is 13.9. The fraction of sp³-hybridized carbons (Fsp3) is 0.143. The van der Waals surface area contributed by atoms with Crippen LogP contribution in [0.1, 0.15) is 0 Å². The Kier molecular flexibility index (Phi) is 3.23. The van der Waals surface area contributed by atoms with Gasteiger partial charge in [-0.05, 0) is 24.3 Å². The molecule has 1 aliphatic heterocycles. The molecule has 0 aliphatic carbocycles. The van der Waals surface area contributed by atoms with Crippen molar-refractivity contribution in [3.8, 4) is 22.6 Å². The van der Waals surface area contributed by atoms with Gasteiger partial charge in [0.2, 0.25) is 0 Å². The molecule has 0 radical (unpaired) electrons. The van der Waals surface area contributed by atoms with Gasteiger partial charge in [0.1, 0.15) is 11.6 Å². The lowest BCUT2D eigenvalue weighted by molar-refractivity contribution is 0.0583. The van der Waals surface area contributed by atoms with Crippen LogP contribution in [0.5, 0.6) is 11.5 Å². The van der Waals surface area contributed by atoms with Gasteiger partial charge in [-0.15, -0.1) is 0 Å².